The smallest absolute Gasteiger partial charge is 0.126 e. The maximum absolute atomic E-state index is 9.27. The lowest BCUT2D eigenvalue weighted by molar-refractivity contribution is 0.273. The molecule has 0 spiro atoms. The molecule has 1 aromatic carbocycles. The number of halogens is 1. The molecule has 0 aliphatic rings. The highest BCUT2D eigenvalue weighted by atomic mass is 79.9. The minimum absolute atomic E-state index is 0.0745. The molecule has 0 aliphatic heterocycles. The summed E-state index contributed by atoms with van der Waals surface area (Å²) in [4.78, 5) is 4.37. The van der Waals surface area contributed by atoms with Crippen molar-refractivity contribution < 1.29 is 9.52 Å². The van der Waals surface area contributed by atoms with Gasteiger partial charge in [0.2, 0.25) is 0 Å². The van der Waals surface area contributed by atoms with Crippen LogP contribution in [0.3, 0.4) is 0 Å². The number of benzene rings is 1. The van der Waals surface area contributed by atoms with E-state index in [2.05, 4.69) is 26.2 Å². The van der Waals surface area contributed by atoms with E-state index < -0.39 is 0 Å². The number of aliphatic hydroxyl groups is 1. The van der Waals surface area contributed by atoms with E-state index >= 15 is 0 Å². The minimum Gasteiger partial charge on any atom is -0.467 e. The van der Waals surface area contributed by atoms with Crippen LogP contribution < -0.4 is 5.32 Å². The second-order valence-electron chi connectivity index (χ2n) is 4.74. The van der Waals surface area contributed by atoms with E-state index in [4.69, 9.17) is 4.42 Å². The fourth-order valence-electron chi connectivity index (χ4n) is 2.34. The van der Waals surface area contributed by atoms with Gasteiger partial charge >= 0.3 is 0 Å². The van der Waals surface area contributed by atoms with Gasteiger partial charge in [0.25, 0.3) is 0 Å². The number of hydrogen-bond donors (Lipinski definition) is 2. The average molecular weight is 347 g/mol. The zero-order chi connectivity index (χ0) is 14.7. The highest BCUT2D eigenvalue weighted by Gasteiger charge is 2.15. The Balaban J connectivity index is 1.97. The second kappa shape index (κ2) is 6.28. The summed E-state index contributed by atoms with van der Waals surface area (Å²) < 4.78 is 6.46. The summed E-state index contributed by atoms with van der Waals surface area (Å²) in [5.74, 6) is 0.809. The number of aliphatic hydroxyl groups excluding tert-OH is 1. The van der Waals surface area contributed by atoms with Crippen LogP contribution in [0.25, 0.3) is 10.9 Å². The van der Waals surface area contributed by atoms with Crippen LogP contribution in [-0.4, -0.2) is 16.7 Å². The first-order valence-electron chi connectivity index (χ1n) is 6.73. The highest BCUT2D eigenvalue weighted by Crippen LogP contribution is 2.29. The number of anilines is 1. The topological polar surface area (TPSA) is 58.3 Å². The summed E-state index contributed by atoms with van der Waals surface area (Å²) in [5, 5.41) is 13.7. The van der Waals surface area contributed by atoms with E-state index in [0.717, 1.165) is 26.8 Å². The van der Waals surface area contributed by atoms with Gasteiger partial charge in [0.1, 0.15) is 5.76 Å². The Hall–Kier alpha value is -1.85. The molecule has 0 fully saturated rings. The maximum Gasteiger partial charge on any atom is 0.126 e. The lowest BCUT2D eigenvalue weighted by Crippen LogP contribution is -2.12. The van der Waals surface area contributed by atoms with Crippen molar-refractivity contribution in [2.45, 2.75) is 12.5 Å². The van der Waals surface area contributed by atoms with Gasteiger partial charge in [-0.05, 0) is 42.8 Å². The summed E-state index contributed by atoms with van der Waals surface area (Å²) in [6, 6.07) is 11.6. The number of nitrogens with one attached hydrogen (secondary N) is 1. The predicted octanol–water partition coefficient (Wildman–Crippen LogP) is 4.13. The number of rotatable bonds is 5. The van der Waals surface area contributed by atoms with E-state index in [1.165, 1.54) is 0 Å². The molecular formula is C16H15BrN2O2. The van der Waals surface area contributed by atoms with Gasteiger partial charge in [0.15, 0.2) is 0 Å². The van der Waals surface area contributed by atoms with Gasteiger partial charge in [-0.1, -0.05) is 15.9 Å². The van der Waals surface area contributed by atoms with E-state index in [9.17, 15) is 5.11 Å². The minimum atomic E-state index is -0.0745. The van der Waals surface area contributed by atoms with Crippen molar-refractivity contribution in [3.8, 4) is 0 Å². The number of nitrogens with zero attached hydrogens (tertiary/aromatic N) is 1. The third kappa shape index (κ3) is 3.09. The van der Waals surface area contributed by atoms with Gasteiger partial charge in [0, 0.05) is 28.4 Å². The summed E-state index contributed by atoms with van der Waals surface area (Å²) in [7, 11) is 0. The predicted molar refractivity (Wildman–Crippen MR) is 86.2 cm³/mol. The summed E-state index contributed by atoms with van der Waals surface area (Å²) in [5.41, 5.74) is 1.89. The molecule has 0 saturated heterocycles. The molecule has 4 nitrogen and oxygen atoms in total. The van der Waals surface area contributed by atoms with Crippen LogP contribution in [0.15, 0.2) is 57.7 Å². The third-order valence-electron chi connectivity index (χ3n) is 3.34. The molecule has 0 radical (unpaired) electrons. The number of furan rings is 1. The molecule has 2 heterocycles. The van der Waals surface area contributed by atoms with Crippen molar-refractivity contribution in [3.05, 3.63) is 59.1 Å². The van der Waals surface area contributed by atoms with Crippen LogP contribution in [-0.2, 0) is 0 Å². The lowest BCUT2D eigenvalue weighted by Gasteiger charge is -2.18. The first-order chi connectivity index (χ1) is 10.3. The largest absolute Gasteiger partial charge is 0.467 e. The molecule has 3 rings (SSSR count). The second-order valence-corrected chi connectivity index (χ2v) is 5.66. The van der Waals surface area contributed by atoms with Crippen molar-refractivity contribution in [3.63, 3.8) is 0 Å². The molecule has 2 aromatic heterocycles. The van der Waals surface area contributed by atoms with Crippen molar-refractivity contribution in [1.82, 2.24) is 4.98 Å². The van der Waals surface area contributed by atoms with Crippen molar-refractivity contribution in [2.24, 2.45) is 0 Å². The fourth-order valence-corrected chi connectivity index (χ4v) is 2.70. The van der Waals surface area contributed by atoms with E-state index in [-0.39, 0.29) is 12.6 Å². The van der Waals surface area contributed by atoms with Gasteiger partial charge in [-0.3, -0.25) is 4.98 Å². The van der Waals surface area contributed by atoms with Gasteiger partial charge < -0.3 is 14.8 Å². The van der Waals surface area contributed by atoms with Crippen LogP contribution in [0.4, 0.5) is 5.69 Å². The average Bonchev–Trinajstić information content (AvgIpc) is 3.01. The molecule has 1 unspecified atom stereocenters. The molecule has 1 atom stereocenters. The summed E-state index contributed by atoms with van der Waals surface area (Å²) in [6.07, 6.45) is 3.99. The molecule has 5 heteroatoms. The molecule has 0 bridgehead atoms. The Morgan fingerprint density at radius 1 is 1.29 bits per heavy atom. The van der Waals surface area contributed by atoms with Crippen molar-refractivity contribution in [1.29, 1.82) is 0 Å². The van der Waals surface area contributed by atoms with Crippen LogP contribution in [0.5, 0.6) is 0 Å². The Bertz CT molecular complexity index is 728. The van der Waals surface area contributed by atoms with E-state index in [1.54, 1.807) is 12.5 Å². The fraction of sp³-hybridized carbons (Fsp3) is 0.188. The normalized spacial score (nSPS) is 12.5. The van der Waals surface area contributed by atoms with Crippen LogP contribution in [0, 0.1) is 0 Å². The first kappa shape index (κ1) is 14.1. The molecule has 21 heavy (non-hydrogen) atoms. The maximum atomic E-state index is 9.27. The number of aromatic nitrogens is 1. The van der Waals surface area contributed by atoms with Crippen molar-refractivity contribution in [2.75, 3.05) is 11.9 Å². The Morgan fingerprint density at radius 3 is 2.95 bits per heavy atom. The molecule has 3 aromatic rings. The zero-order valence-corrected chi connectivity index (χ0v) is 12.9. The van der Waals surface area contributed by atoms with Gasteiger partial charge in [-0.2, -0.15) is 0 Å². The molecule has 0 saturated carbocycles. The Kier molecular flexibility index (Phi) is 4.22. The standard InChI is InChI=1S/C16H15BrN2O2/c17-11-3-4-13-12(10-11)14(5-7-18-13)19-15(6-8-20)16-2-1-9-21-16/h1-5,7,9-10,15,20H,6,8H2,(H,18,19). The Labute approximate surface area is 130 Å². The molecular weight excluding hydrogens is 332 g/mol. The zero-order valence-electron chi connectivity index (χ0n) is 11.3. The lowest BCUT2D eigenvalue weighted by atomic mass is 10.1. The summed E-state index contributed by atoms with van der Waals surface area (Å²) in [6.45, 7) is 0.0884. The number of fused-ring (bicyclic) bond motifs is 1. The monoisotopic (exact) mass is 346 g/mol. The Morgan fingerprint density at radius 2 is 2.19 bits per heavy atom. The van der Waals surface area contributed by atoms with Crippen molar-refractivity contribution >= 4 is 32.5 Å². The number of hydrogen-bond acceptors (Lipinski definition) is 4. The van der Waals surface area contributed by atoms with Gasteiger partial charge in [-0.15, -0.1) is 0 Å². The first-order valence-corrected chi connectivity index (χ1v) is 7.52. The molecule has 0 amide bonds. The highest BCUT2D eigenvalue weighted by molar-refractivity contribution is 9.10. The molecule has 2 N–H and O–H groups in total. The number of pyridine rings is 1. The third-order valence-corrected chi connectivity index (χ3v) is 3.83. The van der Waals surface area contributed by atoms with E-state index in [0.29, 0.717) is 6.42 Å². The molecule has 108 valence electrons. The van der Waals surface area contributed by atoms with Crippen LogP contribution in [0.1, 0.15) is 18.2 Å². The van der Waals surface area contributed by atoms with Gasteiger partial charge in [-0.25, -0.2) is 0 Å². The SMILES string of the molecule is OCCC(Nc1ccnc2ccc(Br)cc12)c1ccco1. The van der Waals surface area contributed by atoms with E-state index in [1.807, 2.05) is 36.4 Å². The van der Waals surface area contributed by atoms with Crippen LogP contribution in [0.2, 0.25) is 0 Å². The molecule has 0 aliphatic carbocycles. The quantitative estimate of drug-likeness (QED) is 0.729. The van der Waals surface area contributed by atoms with Gasteiger partial charge in [0.05, 0.1) is 17.8 Å². The summed E-state index contributed by atoms with van der Waals surface area (Å²) >= 11 is 3.49. The van der Waals surface area contributed by atoms with Crippen LogP contribution >= 0.6 is 15.9 Å².